The maximum atomic E-state index is 11.2. The van der Waals surface area contributed by atoms with Crippen molar-refractivity contribution in [1.82, 2.24) is 0 Å². The van der Waals surface area contributed by atoms with Gasteiger partial charge in [-0.15, -0.1) is 0 Å². The standard InChI is InChI=1S/C19H23O6PS/c1-2-4-15-7-11-17(12-8-15)18-13-9-16(10-14-18)5-3-6-19(26(20,21)22)27(23,24)25/h3,5,7-14,19H,2,4,6H2,1H3,(H2,20,21,22)(H,23,24,25). The van der Waals surface area contributed by atoms with Crippen LogP contribution in [0.1, 0.15) is 30.9 Å². The smallest absolute Gasteiger partial charge is 0.323 e. The summed E-state index contributed by atoms with van der Waals surface area (Å²) in [4.78, 5) is 16.0. The van der Waals surface area contributed by atoms with Gasteiger partial charge in [0, 0.05) is 0 Å². The first-order chi connectivity index (χ1) is 12.6. The minimum atomic E-state index is -4.97. The van der Waals surface area contributed by atoms with Crippen molar-refractivity contribution in [3.63, 3.8) is 0 Å². The third kappa shape index (κ3) is 6.41. The fourth-order valence-electron chi connectivity index (χ4n) is 2.69. The molecular formula is C19H23O6PS. The molecule has 2 rings (SSSR count). The molecule has 1 atom stereocenters. The van der Waals surface area contributed by atoms with Crippen molar-refractivity contribution in [3.8, 4) is 11.1 Å². The van der Waals surface area contributed by atoms with E-state index in [2.05, 4.69) is 31.2 Å². The molecule has 0 bridgehead atoms. The number of hydrogen-bond acceptors (Lipinski definition) is 3. The molecule has 0 amide bonds. The molecule has 0 aliphatic heterocycles. The normalized spacial score (nSPS) is 13.8. The topological polar surface area (TPSA) is 112 Å². The van der Waals surface area contributed by atoms with Crippen LogP contribution in [-0.4, -0.2) is 27.7 Å². The molecule has 2 aromatic rings. The summed E-state index contributed by atoms with van der Waals surface area (Å²) in [6.07, 6.45) is 4.54. The molecule has 2 aromatic carbocycles. The molecule has 0 radical (unpaired) electrons. The number of benzene rings is 2. The van der Waals surface area contributed by atoms with Gasteiger partial charge in [0.2, 0.25) is 0 Å². The molecule has 146 valence electrons. The third-order valence-corrected chi connectivity index (χ3v) is 7.57. The fourth-order valence-corrected chi connectivity index (χ4v) is 4.83. The number of allylic oxidation sites excluding steroid dienone is 1. The van der Waals surface area contributed by atoms with Crippen LogP contribution < -0.4 is 0 Å². The van der Waals surface area contributed by atoms with Crippen LogP contribution in [0.4, 0.5) is 0 Å². The van der Waals surface area contributed by atoms with Crippen LogP contribution in [0.3, 0.4) is 0 Å². The van der Waals surface area contributed by atoms with Gasteiger partial charge < -0.3 is 9.79 Å². The number of aryl methyl sites for hydroxylation is 1. The van der Waals surface area contributed by atoms with Crippen LogP contribution in [0.25, 0.3) is 17.2 Å². The summed E-state index contributed by atoms with van der Waals surface area (Å²) in [5.74, 6) is 0. The van der Waals surface area contributed by atoms with Gasteiger partial charge in [0.05, 0.1) is 0 Å². The highest BCUT2D eigenvalue weighted by Gasteiger charge is 2.38. The van der Waals surface area contributed by atoms with E-state index in [4.69, 9.17) is 14.3 Å². The Hall–Kier alpha value is -1.76. The Morgan fingerprint density at radius 3 is 1.96 bits per heavy atom. The lowest BCUT2D eigenvalue weighted by Gasteiger charge is -2.13. The van der Waals surface area contributed by atoms with Crippen LogP contribution in [0.5, 0.6) is 0 Å². The first kappa shape index (κ1) is 21.5. The molecule has 3 N–H and O–H groups in total. The van der Waals surface area contributed by atoms with E-state index in [1.807, 2.05) is 24.3 Å². The van der Waals surface area contributed by atoms with Crippen molar-refractivity contribution in [2.45, 2.75) is 31.2 Å². The van der Waals surface area contributed by atoms with Crippen LogP contribution >= 0.6 is 7.60 Å². The Balaban J connectivity index is 2.08. The second-order valence-electron chi connectivity index (χ2n) is 6.27. The Morgan fingerprint density at radius 1 is 1.00 bits per heavy atom. The van der Waals surface area contributed by atoms with Crippen LogP contribution in [0.15, 0.2) is 54.6 Å². The van der Waals surface area contributed by atoms with Gasteiger partial charge in [-0.25, -0.2) is 0 Å². The Morgan fingerprint density at radius 2 is 1.52 bits per heavy atom. The molecule has 27 heavy (non-hydrogen) atoms. The first-order valence-electron chi connectivity index (χ1n) is 8.48. The van der Waals surface area contributed by atoms with E-state index in [0.717, 1.165) is 29.5 Å². The van der Waals surface area contributed by atoms with Crippen molar-refractivity contribution in [1.29, 1.82) is 0 Å². The minimum absolute atomic E-state index is 0.482. The summed E-state index contributed by atoms with van der Waals surface area (Å²) in [7, 11) is -9.81. The van der Waals surface area contributed by atoms with E-state index in [1.165, 1.54) is 11.6 Å². The highest BCUT2D eigenvalue weighted by molar-refractivity contribution is 7.93. The lowest BCUT2D eigenvalue weighted by atomic mass is 10.0. The van der Waals surface area contributed by atoms with E-state index in [9.17, 15) is 13.0 Å². The van der Waals surface area contributed by atoms with Gasteiger partial charge in [0.15, 0.2) is 4.99 Å². The fraction of sp³-hybridized carbons (Fsp3) is 0.263. The Kier molecular flexibility index (Phi) is 7.14. The molecule has 0 aliphatic rings. The van der Waals surface area contributed by atoms with Crippen LogP contribution in [-0.2, 0) is 21.1 Å². The highest BCUT2D eigenvalue weighted by atomic mass is 32.2. The minimum Gasteiger partial charge on any atom is -0.323 e. The molecule has 0 heterocycles. The van der Waals surface area contributed by atoms with Crippen LogP contribution in [0.2, 0.25) is 0 Å². The van der Waals surface area contributed by atoms with Gasteiger partial charge in [-0.3, -0.25) is 9.12 Å². The molecule has 0 aromatic heterocycles. The van der Waals surface area contributed by atoms with Gasteiger partial charge in [0.1, 0.15) is 0 Å². The maximum absolute atomic E-state index is 11.2. The van der Waals surface area contributed by atoms with Crippen molar-refractivity contribution >= 4 is 23.8 Å². The second kappa shape index (κ2) is 8.95. The number of hydrogen-bond donors (Lipinski definition) is 3. The molecule has 1 unspecified atom stereocenters. The van der Waals surface area contributed by atoms with Crippen molar-refractivity contribution in [2.24, 2.45) is 0 Å². The SMILES string of the molecule is CCCc1ccc(-c2ccc(C=CCC(P(=O)(O)O)S(=O)(=O)O)cc2)cc1. The van der Waals surface area contributed by atoms with Gasteiger partial charge in [-0.05, 0) is 35.1 Å². The van der Waals surface area contributed by atoms with E-state index < -0.39 is 29.1 Å². The predicted octanol–water partition coefficient (Wildman–Crippen LogP) is 4.10. The predicted molar refractivity (Wildman–Crippen MR) is 107 cm³/mol. The van der Waals surface area contributed by atoms with Crippen molar-refractivity contribution in [3.05, 3.63) is 65.7 Å². The summed E-state index contributed by atoms with van der Waals surface area (Å²) in [6.45, 7) is 2.14. The lowest BCUT2D eigenvalue weighted by Crippen LogP contribution is -2.19. The zero-order valence-electron chi connectivity index (χ0n) is 14.9. The summed E-state index contributed by atoms with van der Waals surface area (Å²) < 4.78 is 42.4. The van der Waals surface area contributed by atoms with E-state index in [0.29, 0.717) is 0 Å². The van der Waals surface area contributed by atoms with Gasteiger partial charge >= 0.3 is 7.60 Å². The second-order valence-corrected chi connectivity index (χ2v) is 10.0. The lowest BCUT2D eigenvalue weighted by molar-refractivity contribution is 0.364. The third-order valence-electron chi connectivity index (χ3n) is 4.10. The summed E-state index contributed by atoms with van der Waals surface area (Å²) in [5, 5.41) is 0. The monoisotopic (exact) mass is 410 g/mol. The van der Waals surface area contributed by atoms with E-state index in [-0.39, 0.29) is 0 Å². The average molecular weight is 410 g/mol. The highest BCUT2D eigenvalue weighted by Crippen LogP contribution is 2.45. The molecule has 0 saturated heterocycles. The van der Waals surface area contributed by atoms with Gasteiger partial charge in [-0.2, -0.15) is 8.42 Å². The summed E-state index contributed by atoms with van der Waals surface area (Å²) in [5.41, 5.74) is 4.15. The zero-order valence-corrected chi connectivity index (χ0v) is 16.6. The van der Waals surface area contributed by atoms with Gasteiger partial charge in [-0.1, -0.05) is 74.0 Å². The summed E-state index contributed by atoms with van der Waals surface area (Å²) >= 11 is 0. The van der Waals surface area contributed by atoms with E-state index in [1.54, 1.807) is 6.08 Å². The quantitative estimate of drug-likeness (QED) is 0.446. The Bertz CT molecular complexity index is 927. The molecular weight excluding hydrogens is 387 g/mol. The van der Waals surface area contributed by atoms with Crippen LogP contribution in [0, 0.1) is 0 Å². The molecule has 0 fully saturated rings. The molecule has 8 heteroatoms. The molecule has 0 aliphatic carbocycles. The van der Waals surface area contributed by atoms with Gasteiger partial charge in [0.25, 0.3) is 10.1 Å². The molecule has 0 saturated carbocycles. The van der Waals surface area contributed by atoms with Crippen molar-refractivity contribution in [2.75, 3.05) is 0 Å². The zero-order chi connectivity index (χ0) is 20.1. The average Bonchev–Trinajstić information content (AvgIpc) is 2.58. The van der Waals surface area contributed by atoms with Crippen molar-refractivity contribution < 1.29 is 27.3 Å². The molecule has 6 nitrogen and oxygen atoms in total. The maximum Gasteiger partial charge on any atom is 0.346 e. The largest absolute Gasteiger partial charge is 0.346 e. The van der Waals surface area contributed by atoms with E-state index >= 15 is 0 Å². The Labute approximate surface area is 159 Å². The first-order valence-corrected chi connectivity index (χ1v) is 11.7. The summed E-state index contributed by atoms with van der Waals surface area (Å²) in [6, 6.07) is 15.8. The molecule has 0 spiro atoms. The number of rotatable bonds is 8.